The number of pyridine rings is 1. The summed E-state index contributed by atoms with van der Waals surface area (Å²) in [5, 5.41) is 3.46. The Hall–Kier alpha value is -1.68. The van der Waals surface area contributed by atoms with Gasteiger partial charge in [0.25, 0.3) is 0 Å². The first-order valence-electron chi connectivity index (χ1n) is 6.81. The number of rotatable bonds is 5. The predicted molar refractivity (Wildman–Crippen MR) is 77.6 cm³/mol. The second-order valence-corrected chi connectivity index (χ2v) is 4.90. The van der Waals surface area contributed by atoms with E-state index in [0.29, 0.717) is 0 Å². The van der Waals surface area contributed by atoms with E-state index in [4.69, 9.17) is 4.98 Å². The molecule has 0 spiro atoms. The molecule has 0 aliphatic rings. The zero-order valence-electron chi connectivity index (χ0n) is 12.2. The number of aryl methyl sites for hydroxylation is 3. The molecule has 0 aromatic carbocycles. The molecule has 0 saturated carbocycles. The lowest BCUT2D eigenvalue weighted by Crippen LogP contribution is -2.18. The Morgan fingerprint density at radius 1 is 1.26 bits per heavy atom. The summed E-state index contributed by atoms with van der Waals surface area (Å²) in [4.78, 5) is 8.99. The number of imidazole rings is 1. The summed E-state index contributed by atoms with van der Waals surface area (Å²) in [6, 6.07) is 2.14. The SMILES string of the molecule is CCCNCc1c(C)cc(C)nc1-n1ccnc1C. The van der Waals surface area contributed by atoms with Crippen LogP contribution < -0.4 is 5.32 Å². The van der Waals surface area contributed by atoms with Crippen LogP contribution in [0.25, 0.3) is 5.82 Å². The highest BCUT2D eigenvalue weighted by Crippen LogP contribution is 2.19. The van der Waals surface area contributed by atoms with Crippen LogP contribution in [0, 0.1) is 20.8 Å². The van der Waals surface area contributed by atoms with Crippen LogP contribution in [0.1, 0.15) is 36.0 Å². The number of aromatic nitrogens is 3. The third-order valence-corrected chi connectivity index (χ3v) is 3.24. The Morgan fingerprint density at radius 2 is 2.05 bits per heavy atom. The molecule has 0 aliphatic carbocycles. The second-order valence-electron chi connectivity index (χ2n) is 4.90. The minimum Gasteiger partial charge on any atom is -0.313 e. The van der Waals surface area contributed by atoms with Crippen molar-refractivity contribution in [2.75, 3.05) is 6.54 Å². The molecule has 19 heavy (non-hydrogen) atoms. The van der Waals surface area contributed by atoms with Crippen molar-refractivity contribution in [1.29, 1.82) is 0 Å². The van der Waals surface area contributed by atoms with Crippen LogP contribution in [0.4, 0.5) is 0 Å². The van der Waals surface area contributed by atoms with E-state index in [1.807, 2.05) is 26.2 Å². The lowest BCUT2D eigenvalue weighted by atomic mass is 10.1. The van der Waals surface area contributed by atoms with Crippen molar-refractivity contribution >= 4 is 0 Å². The summed E-state index contributed by atoms with van der Waals surface area (Å²) < 4.78 is 2.06. The monoisotopic (exact) mass is 258 g/mol. The van der Waals surface area contributed by atoms with Gasteiger partial charge in [0.2, 0.25) is 0 Å². The average Bonchev–Trinajstić information content (AvgIpc) is 2.78. The lowest BCUT2D eigenvalue weighted by Gasteiger charge is -2.15. The second kappa shape index (κ2) is 5.97. The van der Waals surface area contributed by atoms with Gasteiger partial charge < -0.3 is 5.32 Å². The maximum absolute atomic E-state index is 4.70. The van der Waals surface area contributed by atoms with Gasteiger partial charge in [-0.2, -0.15) is 0 Å². The van der Waals surface area contributed by atoms with Crippen molar-refractivity contribution in [2.45, 2.75) is 40.7 Å². The zero-order valence-corrected chi connectivity index (χ0v) is 12.2. The molecule has 4 nitrogen and oxygen atoms in total. The Labute approximate surface area is 114 Å². The normalized spacial score (nSPS) is 10.9. The highest BCUT2D eigenvalue weighted by Gasteiger charge is 2.12. The molecule has 2 aromatic heterocycles. The fourth-order valence-electron chi connectivity index (χ4n) is 2.25. The van der Waals surface area contributed by atoms with Crippen molar-refractivity contribution in [1.82, 2.24) is 19.9 Å². The van der Waals surface area contributed by atoms with Gasteiger partial charge in [-0.25, -0.2) is 9.97 Å². The fraction of sp³-hybridized carbons (Fsp3) is 0.467. The molecule has 0 saturated heterocycles. The van der Waals surface area contributed by atoms with Gasteiger partial charge in [0.15, 0.2) is 0 Å². The fourth-order valence-corrected chi connectivity index (χ4v) is 2.25. The van der Waals surface area contributed by atoms with Crippen molar-refractivity contribution in [2.24, 2.45) is 0 Å². The molecule has 2 heterocycles. The summed E-state index contributed by atoms with van der Waals surface area (Å²) in [5.41, 5.74) is 3.57. The third-order valence-electron chi connectivity index (χ3n) is 3.24. The topological polar surface area (TPSA) is 42.7 Å². The number of nitrogens with zero attached hydrogens (tertiary/aromatic N) is 3. The summed E-state index contributed by atoms with van der Waals surface area (Å²) in [5.74, 6) is 1.96. The number of nitrogens with one attached hydrogen (secondary N) is 1. The summed E-state index contributed by atoms with van der Waals surface area (Å²) in [6.45, 7) is 10.2. The Bertz CT molecular complexity index is 557. The van der Waals surface area contributed by atoms with E-state index in [9.17, 15) is 0 Å². The molecule has 4 heteroatoms. The van der Waals surface area contributed by atoms with Crippen molar-refractivity contribution in [3.8, 4) is 5.82 Å². The van der Waals surface area contributed by atoms with Gasteiger partial charge in [-0.3, -0.25) is 4.57 Å². The van der Waals surface area contributed by atoms with Crippen LogP contribution in [-0.4, -0.2) is 21.1 Å². The molecule has 0 bridgehead atoms. The maximum atomic E-state index is 4.70. The van der Waals surface area contributed by atoms with Gasteiger partial charge in [0.05, 0.1) is 0 Å². The van der Waals surface area contributed by atoms with Crippen molar-refractivity contribution in [3.63, 3.8) is 0 Å². The van der Waals surface area contributed by atoms with Crippen LogP contribution in [0.3, 0.4) is 0 Å². The minimum atomic E-state index is 0.847. The maximum Gasteiger partial charge on any atom is 0.143 e. The van der Waals surface area contributed by atoms with Crippen LogP contribution in [0.2, 0.25) is 0 Å². The highest BCUT2D eigenvalue weighted by atomic mass is 15.1. The van der Waals surface area contributed by atoms with Gasteiger partial charge in [0, 0.05) is 30.2 Å². The van der Waals surface area contributed by atoms with Crippen LogP contribution >= 0.6 is 0 Å². The zero-order chi connectivity index (χ0) is 13.8. The van der Waals surface area contributed by atoms with E-state index in [0.717, 1.165) is 36.8 Å². The third kappa shape index (κ3) is 3.01. The Morgan fingerprint density at radius 3 is 2.68 bits per heavy atom. The standard InChI is InChI=1S/C15H22N4/c1-5-6-16-10-14-11(2)9-12(3)18-15(14)19-8-7-17-13(19)4/h7-9,16H,5-6,10H2,1-4H3. The molecule has 0 radical (unpaired) electrons. The van der Waals surface area contributed by atoms with E-state index in [1.165, 1.54) is 11.1 Å². The molecule has 2 rings (SSSR count). The molecular formula is C15H22N4. The quantitative estimate of drug-likeness (QED) is 0.838. The molecule has 102 valence electrons. The van der Waals surface area contributed by atoms with Gasteiger partial charge >= 0.3 is 0 Å². The molecule has 0 amide bonds. The van der Waals surface area contributed by atoms with Crippen molar-refractivity contribution < 1.29 is 0 Å². The number of hydrogen-bond donors (Lipinski definition) is 1. The highest BCUT2D eigenvalue weighted by molar-refractivity contribution is 5.42. The summed E-state index contributed by atoms with van der Waals surface area (Å²) in [7, 11) is 0. The molecule has 1 N–H and O–H groups in total. The van der Waals surface area contributed by atoms with Crippen LogP contribution in [0.5, 0.6) is 0 Å². The van der Waals surface area contributed by atoms with Crippen LogP contribution in [0.15, 0.2) is 18.5 Å². The molecule has 0 atom stereocenters. The van der Waals surface area contributed by atoms with Gasteiger partial charge in [-0.05, 0) is 45.4 Å². The van der Waals surface area contributed by atoms with Crippen molar-refractivity contribution in [3.05, 3.63) is 41.1 Å². The molecule has 0 fully saturated rings. The smallest absolute Gasteiger partial charge is 0.143 e. The summed E-state index contributed by atoms with van der Waals surface area (Å²) >= 11 is 0. The first kappa shape index (κ1) is 13.7. The molecule has 0 aliphatic heterocycles. The van der Waals surface area contributed by atoms with Gasteiger partial charge in [-0.15, -0.1) is 0 Å². The van der Waals surface area contributed by atoms with Gasteiger partial charge in [0.1, 0.15) is 11.6 Å². The first-order valence-corrected chi connectivity index (χ1v) is 6.81. The Balaban J connectivity index is 2.43. The van der Waals surface area contributed by atoms with E-state index in [-0.39, 0.29) is 0 Å². The van der Waals surface area contributed by atoms with E-state index in [1.54, 1.807) is 0 Å². The predicted octanol–water partition coefficient (Wildman–Crippen LogP) is 2.69. The van der Waals surface area contributed by atoms with Crippen LogP contribution in [-0.2, 0) is 6.54 Å². The molecule has 2 aromatic rings. The summed E-state index contributed by atoms with van der Waals surface area (Å²) in [6.07, 6.45) is 4.93. The largest absolute Gasteiger partial charge is 0.313 e. The molecular weight excluding hydrogens is 236 g/mol. The van der Waals surface area contributed by atoms with E-state index >= 15 is 0 Å². The average molecular weight is 258 g/mol. The minimum absolute atomic E-state index is 0.847. The Kier molecular flexibility index (Phi) is 4.32. The van der Waals surface area contributed by atoms with E-state index in [2.05, 4.69) is 34.8 Å². The lowest BCUT2D eigenvalue weighted by molar-refractivity contribution is 0.666. The number of hydrogen-bond acceptors (Lipinski definition) is 3. The molecule has 0 unspecified atom stereocenters. The van der Waals surface area contributed by atoms with E-state index < -0.39 is 0 Å². The van der Waals surface area contributed by atoms with Gasteiger partial charge in [-0.1, -0.05) is 6.92 Å². The first-order chi connectivity index (χ1) is 9.13.